The molecule has 0 aromatic carbocycles. The molecule has 0 heterocycles. The number of rotatable bonds is 11. The van der Waals surface area contributed by atoms with Gasteiger partial charge in [-0.1, -0.05) is 57.8 Å². The molecule has 0 radical (unpaired) electrons. The van der Waals surface area contributed by atoms with Gasteiger partial charge >= 0.3 is 0 Å². The number of aliphatic hydroxyl groups is 1. The van der Waals surface area contributed by atoms with Crippen molar-refractivity contribution in [1.29, 1.82) is 0 Å². The molecule has 0 spiro atoms. The molecule has 0 aliphatic carbocycles. The van der Waals surface area contributed by atoms with Gasteiger partial charge in [0.2, 0.25) is 6.29 Å². The van der Waals surface area contributed by atoms with E-state index in [-0.39, 0.29) is 0 Å². The summed E-state index contributed by atoms with van der Waals surface area (Å²) >= 11 is 0. The first-order valence-electron chi connectivity index (χ1n) is 7.13. The van der Waals surface area contributed by atoms with Crippen LogP contribution in [0.4, 0.5) is 0 Å². The van der Waals surface area contributed by atoms with Crippen LogP contribution in [-0.4, -0.2) is 11.4 Å². The molecule has 2 heteroatoms. The average Bonchev–Trinajstić information content (AvgIpc) is 2.37. The van der Waals surface area contributed by atoms with Crippen LogP contribution < -0.4 is 0 Å². The Bertz CT molecular complexity index is 241. The van der Waals surface area contributed by atoms with Gasteiger partial charge in [0.15, 0.2) is 0 Å². The van der Waals surface area contributed by atoms with Crippen LogP contribution in [0.1, 0.15) is 58.8 Å². The zero-order chi connectivity index (χ0) is 13.5. The van der Waals surface area contributed by atoms with E-state index >= 15 is 0 Å². The number of ether oxygens (including phenoxy) is 1. The molecule has 0 saturated heterocycles. The van der Waals surface area contributed by atoms with Gasteiger partial charge in [0.05, 0.1) is 6.26 Å². The highest BCUT2D eigenvalue weighted by molar-refractivity contribution is 5.03. The van der Waals surface area contributed by atoms with Crippen LogP contribution in [0, 0.1) is 0 Å². The van der Waals surface area contributed by atoms with Crippen LogP contribution in [0.15, 0.2) is 36.6 Å². The smallest absolute Gasteiger partial charge is 0.216 e. The largest absolute Gasteiger partial charge is 0.469 e. The van der Waals surface area contributed by atoms with Gasteiger partial charge in [0.1, 0.15) is 0 Å². The van der Waals surface area contributed by atoms with E-state index in [1.807, 2.05) is 18.2 Å². The minimum absolute atomic E-state index is 0.844. The lowest BCUT2D eigenvalue weighted by Crippen LogP contribution is -2.02. The Morgan fingerprint density at radius 2 is 1.78 bits per heavy atom. The zero-order valence-electron chi connectivity index (χ0n) is 11.8. The van der Waals surface area contributed by atoms with Gasteiger partial charge in [-0.2, -0.15) is 0 Å². The second kappa shape index (κ2) is 14.0. The Morgan fingerprint density at radius 3 is 2.50 bits per heavy atom. The first-order chi connectivity index (χ1) is 8.81. The third-order valence-corrected chi connectivity index (χ3v) is 2.52. The van der Waals surface area contributed by atoms with E-state index in [0.29, 0.717) is 0 Å². The van der Waals surface area contributed by atoms with Crippen molar-refractivity contribution in [3.8, 4) is 0 Å². The predicted molar refractivity (Wildman–Crippen MR) is 78.2 cm³/mol. The molecule has 1 unspecified atom stereocenters. The van der Waals surface area contributed by atoms with Crippen molar-refractivity contribution in [1.82, 2.24) is 0 Å². The minimum Gasteiger partial charge on any atom is -0.469 e. The van der Waals surface area contributed by atoms with E-state index in [1.165, 1.54) is 25.7 Å². The van der Waals surface area contributed by atoms with Gasteiger partial charge in [0, 0.05) is 0 Å². The second-order valence-corrected chi connectivity index (χ2v) is 4.35. The van der Waals surface area contributed by atoms with Crippen molar-refractivity contribution in [2.75, 3.05) is 0 Å². The standard InChI is InChI=1S/C16H28O2/c1-3-5-7-9-11-13-15-18-16(17)14-12-10-8-6-4-2/h8,10,12-17H,3-7,9,11H2,1-2H3. The summed E-state index contributed by atoms with van der Waals surface area (Å²) in [6.07, 6.45) is 18.4. The van der Waals surface area contributed by atoms with Crippen LogP contribution >= 0.6 is 0 Å². The first kappa shape index (κ1) is 17.0. The highest BCUT2D eigenvalue weighted by atomic mass is 16.6. The number of unbranched alkanes of at least 4 members (excludes halogenated alkanes) is 5. The Morgan fingerprint density at radius 1 is 0.944 bits per heavy atom. The van der Waals surface area contributed by atoms with Gasteiger partial charge in [-0.15, -0.1) is 0 Å². The van der Waals surface area contributed by atoms with E-state index in [9.17, 15) is 5.11 Å². The molecule has 18 heavy (non-hydrogen) atoms. The van der Waals surface area contributed by atoms with Crippen molar-refractivity contribution in [2.45, 2.75) is 65.1 Å². The molecule has 2 nitrogen and oxygen atoms in total. The normalized spacial score (nSPS) is 13.9. The van der Waals surface area contributed by atoms with Crippen molar-refractivity contribution in [3.05, 3.63) is 36.6 Å². The Labute approximate surface area is 112 Å². The molecule has 1 atom stereocenters. The van der Waals surface area contributed by atoms with Gasteiger partial charge in [-0.25, -0.2) is 0 Å². The van der Waals surface area contributed by atoms with Crippen LogP contribution in [0.3, 0.4) is 0 Å². The Kier molecular flexibility index (Phi) is 13.2. The average molecular weight is 252 g/mol. The second-order valence-electron chi connectivity index (χ2n) is 4.35. The van der Waals surface area contributed by atoms with Crippen molar-refractivity contribution in [3.63, 3.8) is 0 Å². The lowest BCUT2D eigenvalue weighted by molar-refractivity contribution is -0.0113. The summed E-state index contributed by atoms with van der Waals surface area (Å²) in [5.41, 5.74) is 0. The molecule has 0 saturated carbocycles. The summed E-state index contributed by atoms with van der Waals surface area (Å²) in [4.78, 5) is 0. The van der Waals surface area contributed by atoms with Crippen LogP contribution in [0.5, 0.6) is 0 Å². The topological polar surface area (TPSA) is 29.5 Å². The van der Waals surface area contributed by atoms with Crippen LogP contribution in [-0.2, 0) is 4.74 Å². The number of hydrogen-bond acceptors (Lipinski definition) is 2. The van der Waals surface area contributed by atoms with E-state index in [2.05, 4.69) is 19.9 Å². The lowest BCUT2D eigenvalue weighted by Gasteiger charge is -2.03. The molecular formula is C16H28O2. The zero-order valence-corrected chi connectivity index (χ0v) is 11.8. The van der Waals surface area contributed by atoms with Gasteiger partial charge in [-0.3, -0.25) is 0 Å². The lowest BCUT2D eigenvalue weighted by atomic mass is 10.1. The molecule has 0 amide bonds. The molecule has 0 fully saturated rings. The van der Waals surface area contributed by atoms with Crippen LogP contribution in [0.2, 0.25) is 0 Å². The molecule has 0 aliphatic heterocycles. The molecule has 0 aromatic rings. The fraction of sp³-hybridized carbons (Fsp3) is 0.625. The van der Waals surface area contributed by atoms with E-state index in [1.54, 1.807) is 12.3 Å². The quantitative estimate of drug-likeness (QED) is 0.249. The van der Waals surface area contributed by atoms with Gasteiger partial charge in [-0.05, 0) is 31.4 Å². The third-order valence-electron chi connectivity index (χ3n) is 2.52. The summed E-state index contributed by atoms with van der Waals surface area (Å²) in [5, 5.41) is 9.45. The summed E-state index contributed by atoms with van der Waals surface area (Å²) in [6, 6.07) is 0. The SMILES string of the molecule is CCCC=CC=CC(O)OC=CCCCCCC. The van der Waals surface area contributed by atoms with E-state index in [0.717, 1.165) is 19.3 Å². The number of hydrogen-bond donors (Lipinski definition) is 1. The Hall–Kier alpha value is -1.02. The molecule has 0 bridgehead atoms. The maximum Gasteiger partial charge on any atom is 0.216 e. The molecule has 0 rings (SSSR count). The van der Waals surface area contributed by atoms with Crippen LogP contribution in [0.25, 0.3) is 0 Å². The molecule has 104 valence electrons. The van der Waals surface area contributed by atoms with E-state index < -0.39 is 6.29 Å². The molecular weight excluding hydrogens is 224 g/mol. The molecule has 0 aromatic heterocycles. The monoisotopic (exact) mass is 252 g/mol. The summed E-state index contributed by atoms with van der Waals surface area (Å²) in [5.74, 6) is 0. The van der Waals surface area contributed by atoms with Gasteiger partial charge < -0.3 is 9.84 Å². The predicted octanol–water partition coefficient (Wildman–Crippen LogP) is 4.72. The number of aliphatic hydroxyl groups excluding tert-OH is 1. The molecule has 1 N–H and O–H groups in total. The third kappa shape index (κ3) is 13.0. The van der Waals surface area contributed by atoms with Crippen molar-refractivity contribution >= 4 is 0 Å². The highest BCUT2D eigenvalue weighted by Crippen LogP contribution is 2.03. The maximum atomic E-state index is 9.45. The Balaban J connectivity index is 3.50. The fourth-order valence-corrected chi connectivity index (χ4v) is 1.44. The summed E-state index contributed by atoms with van der Waals surface area (Å²) in [7, 11) is 0. The van der Waals surface area contributed by atoms with Crippen molar-refractivity contribution in [2.24, 2.45) is 0 Å². The summed E-state index contributed by atoms with van der Waals surface area (Å²) < 4.78 is 5.11. The number of allylic oxidation sites excluding steroid dienone is 4. The minimum atomic E-state index is -0.844. The maximum absolute atomic E-state index is 9.45. The molecule has 0 aliphatic rings. The highest BCUT2D eigenvalue weighted by Gasteiger charge is 1.92. The fourth-order valence-electron chi connectivity index (χ4n) is 1.44. The summed E-state index contributed by atoms with van der Waals surface area (Å²) in [6.45, 7) is 4.34. The van der Waals surface area contributed by atoms with E-state index in [4.69, 9.17) is 4.74 Å². The first-order valence-corrected chi connectivity index (χ1v) is 7.13. The van der Waals surface area contributed by atoms with Gasteiger partial charge in [0.25, 0.3) is 0 Å². The van der Waals surface area contributed by atoms with Crippen molar-refractivity contribution < 1.29 is 9.84 Å².